The maximum atomic E-state index is 10.9. The molecule has 8 N–H and O–H groups in total. The molecule has 0 fully saturated rings. The van der Waals surface area contributed by atoms with Gasteiger partial charge in [0.1, 0.15) is 6.04 Å². The first-order valence-electron chi connectivity index (χ1n) is 4.77. The molecular formula is C8H17MnN5O3. The summed E-state index contributed by atoms with van der Waals surface area (Å²) in [6.45, 7) is 0.146. The van der Waals surface area contributed by atoms with Crippen LogP contribution in [-0.2, 0) is 26.7 Å². The minimum Gasteiger partial charge on any atom is -0.480 e. The molecule has 17 heavy (non-hydrogen) atoms. The van der Waals surface area contributed by atoms with Crippen molar-refractivity contribution in [3.63, 3.8) is 0 Å². The molecule has 99 valence electrons. The van der Waals surface area contributed by atoms with Gasteiger partial charge in [-0.1, -0.05) is 0 Å². The van der Waals surface area contributed by atoms with E-state index in [0.717, 1.165) is 0 Å². The van der Waals surface area contributed by atoms with Crippen LogP contribution in [0, 0.1) is 5.41 Å². The van der Waals surface area contributed by atoms with E-state index in [2.05, 4.69) is 10.6 Å². The number of nitrogens with one attached hydrogen (secondary N) is 3. The molecule has 8 nitrogen and oxygen atoms in total. The summed E-state index contributed by atoms with van der Waals surface area (Å²) in [7, 11) is 0. The third kappa shape index (κ3) is 9.61. The average molecular weight is 286 g/mol. The van der Waals surface area contributed by atoms with Gasteiger partial charge in [0.2, 0.25) is 5.91 Å². The smallest absolute Gasteiger partial charge is 0.326 e. The van der Waals surface area contributed by atoms with E-state index in [-0.39, 0.29) is 36.0 Å². The van der Waals surface area contributed by atoms with Crippen LogP contribution in [0.25, 0.3) is 0 Å². The minimum absolute atomic E-state index is 0. The van der Waals surface area contributed by atoms with Gasteiger partial charge in [0, 0.05) is 23.6 Å². The number of nitrogens with two attached hydrogens (primary N) is 2. The van der Waals surface area contributed by atoms with Crippen LogP contribution < -0.4 is 22.1 Å². The van der Waals surface area contributed by atoms with E-state index in [1.165, 1.54) is 0 Å². The molecule has 1 radical (unpaired) electrons. The summed E-state index contributed by atoms with van der Waals surface area (Å²) >= 11 is 0. The van der Waals surface area contributed by atoms with Crippen molar-refractivity contribution in [3.05, 3.63) is 0 Å². The SMILES string of the molecule is N=C(N)NCCCC(NC(=O)CN)C(=O)O.[Mn]. The van der Waals surface area contributed by atoms with Gasteiger partial charge in [-0.25, -0.2) is 4.79 Å². The van der Waals surface area contributed by atoms with Crippen LogP contribution in [-0.4, -0.2) is 42.1 Å². The molecule has 0 aromatic carbocycles. The Morgan fingerprint density at radius 3 is 2.41 bits per heavy atom. The van der Waals surface area contributed by atoms with Gasteiger partial charge >= 0.3 is 5.97 Å². The average Bonchev–Trinajstić information content (AvgIpc) is 2.21. The summed E-state index contributed by atoms with van der Waals surface area (Å²) in [6, 6.07) is -0.954. The summed E-state index contributed by atoms with van der Waals surface area (Å²) in [6.07, 6.45) is 0.725. The van der Waals surface area contributed by atoms with Crippen molar-refractivity contribution >= 4 is 17.8 Å². The number of carbonyl (C=O) groups is 2. The zero-order valence-electron chi connectivity index (χ0n) is 9.20. The van der Waals surface area contributed by atoms with Gasteiger partial charge in [0.05, 0.1) is 6.54 Å². The fourth-order valence-corrected chi connectivity index (χ4v) is 1.04. The fourth-order valence-electron chi connectivity index (χ4n) is 1.04. The van der Waals surface area contributed by atoms with E-state index in [1.807, 2.05) is 0 Å². The number of hydrogen-bond donors (Lipinski definition) is 6. The van der Waals surface area contributed by atoms with Crippen LogP contribution in [0.3, 0.4) is 0 Å². The second-order valence-electron chi connectivity index (χ2n) is 3.15. The summed E-state index contributed by atoms with van der Waals surface area (Å²) in [4.78, 5) is 21.6. The van der Waals surface area contributed by atoms with Crippen molar-refractivity contribution in [1.82, 2.24) is 10.6 Å². The Kier molecular flexibility index (Phi) is 10.5. The largest absolute Gasteiger partial charge is 0.480 e. The summed E-state index contributed by atoms with van der Waals surface area (Å²) in [5, 5.41) is 20.5. The van der Waals surface area contributed by atoms with Gasteiger partial charge < -0.3 is 27.2 Å². The van der Waals surface area contributed by atoms with Crippen molar-refractivity contribution in [2.45, 2.75) is 18.9 Å². The Bertz CT molecular complexity index is 274. The molecule has 0 aliphatic heterocycles. The molecule has 1 amide bonds. The number of carbonyl (C=O) groups excluding carboxylic acids is 1. The molecule has 0 aliphatic carbocycles. The van der Waals surface area contributed by atoms with Crippen LogP contribution in [0.1, 0.15) is 12.8 Å². The monoisotopic (exact) mass is 286 g/mol. The van der Waals surface area contributed by atoms with Crippen molar-refractivity contribution in [3.8, 4) is 0 Å². The molecule has 0 aromatic rings. The van der Waals surface area contributed by atoms with E-state index in [0.29, 0.717) is 13.0 Å². The summed E-state index contributed by atoms with van der Waals surface area (Å²) in [5.41, 5.74) is 10.1. The second-order valence-corrected chi connectivity index (χ2v) is 3.15. The molecule has 1 unspecified atom stereocenters. The molecule has 0 spiro atoms. The molecule has 0 heterocycles. The van der Waals surface area contributed by atoms with Gasteiger partial charge in [0.15, 0.2) is 5.96 Å². The third-order valence-corrected chi connectivity index (χ3v) is 1.80. The first kappa shape index (κ1) is 18.1. The quantitative estimate of drug-likeness (QED) is 0.135. The number of rotatable bonds is 7. The van der Waals surface area contributed by atoms with Gasteiger partial charge in [-0.05, 0) is 12.8 Å². The van der Waals surface area contributed by atoms with E-state index < -0.39 is 17.9 Å². The molecule has 9 heteroatoms. The van der Waals surface area contributed by atoms with E-state index >= 15 is 0 Å². The Labute approximate surface area is 109 Å². The summed E-state index contributed by atoms with van der Waals surface area (Å²) in [5.74, 6) is -1.78. The first-order valence-corrected chi connectivity index (χ1v) is 4.77. The van der Waals surface area contributed by atoms with Crippen molar-refractivity contribution in [2.24, 2.45) is 11.5 Å². The van der Waals surface area contributed by atoms with Crippen LogP contribution in [0.15, 0.2) is 0 Å². The first-order chi connectivity index (χ1) is 7.47. The minimum atomic E-state index is -1.11. The Hall–Kier alpha value is -1.31. The van der Waals surface area contributed by atoms with Gasteiger partial charge in [-0.2, -0.15) is 0 Å². The molecule has 0 saturated carbocycles. The topological polar surface area (TPSA) is 154 Å². The second kappa shape index (κ2) is 9.88. The van der Waals surface area contributed by atoms with E-state index in [4.69, 9.17) is 22.0 Å². The maximum absolute atomic E-state index is 10.9. The third-order valence-electron chi connectivity index (χ3n) is 1.80. The summed E-state index contributed by atoms with van der Waals surface area (Å²) < 4.78 is 0. The molecule has 0 aliphatic rings. The van der Waals surface area contributed by atoms with E-state index in [9.17, 15) is 9.59 Å². The van der Waals surface area contributed by atoms with Crippen LogP contribution in [0.4, 0.5) is 0 Å². The number of carboxylic acids is 1. The molecule has 0 saturated heterocycles. The number of amides is 1. The zero-order valence-corrected chi connectivity index (χ0v) is 10.4. The van der Waals surface area contributed by atoms with E-state index in [1.54, 1.807) is 0 Å². The molecule has 0 aromatic heterocycles. The standard InChI is InChI=1S/C8H17N5O3.Mn/c9-4-6(14)13-5(7(15)16)2-1-3-12-8(10)11;/h5H,1-4,9H2,(H,13,14)(H,15,16)(H4,10,11,12);. The van der Waals surface area contributed by atoms with Crippen LogP contribution in [0.5, 0.6) is 0 Å². The number of carboxylic acid groups (broad SMARTS) is 1. The predicted octanol–water partition coefficient (Wildman–Crippen LogP) is -2.22. The van der Waals surface area contributed by atoms with Gasteiger partial charge in [0.25, 0.3) is 0 Å². The normalized spacial score (nSPS) is 10.9. The van der Waals surface area contributed by atoms with Gasteiger partial charge in [-0.15, -0.1) is 0 Å². The number of aliphatic carboxylic acids is 1. The molecule has 1 atom stereocenters. The zero-order chi connectivity index (χ0) is 12.6. The van der Waals surface area contributed by atoms with Crippen molar-refractivity contribution < 1.29 is 31.8 Å². The number of hydrogen-bond acceptors (Lipinski definition) is 4. The maximum Gasteiger partial charge on any atom is 0.326 e. The van der Waals surface area contributed by atoms with Crippen molar-refractivity contribution in [1.29, 1.82) is 5.41 Å². The Morgan fingerprint density at radius 2 is 2.00 bits per heavy atom. The predicted molar refractivity (Wildman–Crippen MR) is 57.8 cm³/mol. The molecule has 0 rings (SSSR count). The molecule has 0 bridgehead atoms. The Morgan fingerprint density at radius 1 is 1.41 bits per heavy atom. The van der Waals surface area contributed by atoms with Gasteiger partial charge in [-0.3, -0.25) is 10.2 Å². The fraction of sp³-hybridized carbons (Fsp3) is 0.625. The molecular weight excluding hydrogens is 269 g/mol. The number of guanidine groups is 1. The Balaban J connectivity index is 0. The van der Waals surface area contributed by atoms with Crippen LogP contribution >= 0.6 is 0 Å². The van der Waals surface area contributed by atoms with Crippen LogP contribution in [0.2, 0.25) is 0 Å². The van der Waals surface area contributed by atoms with Crippen molar-refractivity contribution in [2.75, 3.05) is 13.1 Å².